The number of rotatable bonds is 7. The van der Waals surface area contributed by atoms with E-state index in [1.165, 1.54) is 12.8 Å². The van der Waals surface area contributed by atoms with Crippen molar-refractivity contribution < 1.29 is 9.53 Å². The summed E-state index contributed by atoms with van der Waals surface area (Å²) in [4.78, 5) is 11.9. The number of nitrogens with two attached hydrogens (primary N) is 1. The highest BCUT2D eigenvalue weighted by molar-refractivity contribution is 5.79. The summed E-state index contributed by atoms with van der Waals surface area (Å²) in [6.07, 6.45) is 5.86. The van der Waals surface area contributed by atoms with Crippen LogP contribution in [0.4, 0.5) is 0 Å². The van der Waals surface area contributed by atoms with Gasteiger partial charge in [0, 0.05) is 19.1 Å². The molecular weight excluding hydrogens is 216 g/mol. The summed E-state index contributed by atoms with van der Waals surface area (Å²) in [6, 6.07) is 0. The predicted octanol–water partition coefficient (Wildman–Crippen LogP) is 0.904. The molecular formula is C13H24N2O2. The van der Waals surface area contributed by atoms with Crippen molar-refractivity contribution in [3.8, 4) is 0 Å². The molecule has 2 aliphatic carbocycles. The standard InChI is InChI=1S/C13H24N2O2/c14-8-11-2-1-3-12(11)13(16)15-6-7-17-9-10-4-5-10/h10-12H,1-9,14H2,(H,15,16)/t11-,12-/m1/s1. The number of amides is 1. The number of ether oxygens (including phenoxy) is 1. The molecule has 0 heterocycles. The van der Waals surface area contributed by atoms with Crippen LogP contribution in [-0.2, 0) is 9.53 Å². The zero-order valence-corrected chi connectivity index (χ0v) is 10.5. The minimum absolute atomic E-state index is 0.142. The van der Waals surface area contributed by atoms with E-state index < -0.39 is 0 Å². The van der Waals surface area contributed by atoms with Crippen LogP contribution >= 0.6 is 0 Å². The van der Waals surface area contributed by atoms with E-state index in [0.717, 1.165) is 31.8 Å². The van der Waals surface area contributed by atoms with Crippen molar-refractivity contribution in [2.24, 2.45) is 23.5 Å². The first-order valence-electron chi connectivity index (χ1n) is 6.86. The van der Waals surface area contributed by atoms with E-state index in [9.17, 15) is 4.79 Å². The summed E-state index contributed by atoms with van der Waals surface area (Å²) >= 11 is 0. The molecule has 0 aromatic carbocycles. The zero-order chi connectivity index (χ0) is 12.1. The van der Waals surface area contributed by atoms with Gasteiger partial charge in [0.15, 0.2) is 0 Å². The molecule has 1 amide bonds. The molecule has 2 aliphatic rings. The van der Waals surface area contributed by atoms with Gasteiger partial charge in [0.05, 0.1) is 6.61 Å². The van der Waals surface area contributed by atoms with Crippen LogP contribution in [0.15, 0.2) is 0 Å². The van der Waals surface area contributed by atoms with Gasteiger partial charge in [-0.1, -0.05) is 6.42 Å². The van der Waals surface area contributed by atoms with Crippen molar-refractivity contribution in [2.45, 2.75) is 32.1 Å². The van der Waals surface area contributed by atoms with E-state index in [0.29, 0.717) is 25.6 Å². The minimum Gasteiger partial charge on any atom is -0.379 e. The number of nitrogens with one attached hydrogen (secondary N) is 1. The van der Waals surface area contributed by atoms with Gasteiger partial charge >= 0.3 is 0 Å². The van der Waals surface area contributed by atoms with Crippen LogP contribution in [0.2, 0.25) is 0 Å². The van der Waals surface area contributed by atoms with E-state index in [4.69, 9.17) is 10.5 Å². The van der Waals surface area contributed by atoms with Gasteiger partial charge in [-0.25, -0.2) is 0 Å². The Morgan fingerprint density at radius 2 is 2.12 bits per heavy atom. The Morgan fingerprint density at radius 3 is 2.82 bits per heavy atom. The second-order valence-corrected chi connectivity index (χ2v) is 5.34. The second kappa shape index (κ2) is 6.36. The summed E-state index contributed by atoms with van der Waals surface area (Å²) in [5.41, 5.74) is 5.67. The quantitative estimate of drug-likeness (QED) is 0.650. The maximum Gasteiger partial charge on any atom is 0.223 e. The Kier molecular flexibility index (Phi) is 4.80. The highest BCUT2D eigenvalue weighted by Crippen LogP contribution is 2.31. The molecule has 2 fully saturated rings. The molecule has 0 aromatic rings. The average Bonchev–Trinajstić information content (AvgIpc) is 3.03. The van der Waals surface area contributed by atoms with Crippen LogP contribution in [-0.4, -0.2) is 32.2 Å². The van der Waals surface area contributed by atoms with Crippen molar-refractivity contribution >= 4 is 5.91 Å². The lowest BCUT2D eigenvalue weighted by atomic mass is 9.95. The Morgan fingerprint density at radius 1 is 1.29 bits per heavy atom. The topological polar surface area (TPSA) is 64.4 Å². The third-order valence-electron chi connectivity index (χ3n) is 3.89. The average molecular weight is 240 g/mol. The summed E-state index contributed by atoms with van der Waals surface area (Å²) in [5.74, 6) is 1.50. The molecule has 17 heavy (non-hydrogen) atoms. The van der Waals surface area contributed by atoms with Gasteiger partial charge in [0.2, 0.25) is 5.91 Å². The molecule has 98 valence electrons. The highest BCUT2D eigenvalue weighted by atomic mass is 16.5. The molecule has 0 saturated heterocycles. The molecule has 0 spiro atoms. The molecule has 3 N–H and O–H groups in total. The van der Waals surface area contributed by atoms with Gasteiger partial charge < -0.3 is 15.8 Å². The smallest absolute Gasteiger partial charge is 0.223 e. The first-order valence-corrected chi connectivity index (χ1v) is 6.86. The van der Waals surface area contributed by atoms with Crippen molar-refractivity contribution in [3.05, 3.63) is 0 Å². The van der Waals surface area contributed by atoms with Crippen molar-refractivity contribution in [1.29, 1.82) is 0 Å². The van der Waals surface area contributed by atoms with Gasteiger partial charge in [-0.2, -0.15) is 0 Å². The molecule has 0 aromatic heterocycles. The maximum absolute atomic E-state index is 11.9. The van der Waals surface area contributed by atoms with E-state index in [1.807, 2.05) is 0 Å². The molecule has 2 rings (SSSR count). The fourth-order valence-corrected chi connectivity index (χ4v) is 2.58. The molecule has 0 bridgehead atoms. The third-order valence-corrected chi connectivity index (χ3v) is 3.89. The Labute approximate surface area is 103 Å². The van der Waals surface area contributed by atoms with Gasteiger partial charge in [-0.3, -0.25) is 4.79 Å². The minimum atomic E-state index is 0.142. The highest BCUT2D eigenvalue weighted by Gasteiger charge is 2.31. The van der Waals surface area contributed by atoms with Gasteiger partial charge in [0.25, 0.3) is 0 Å². The molecule has 4 nitrogen and oxygen atoms in total. The molecule has 2 atom stereocenters. The largest absolute Gasteiger partial charge is 0.379 e. The van der Waals surface area contributed by atoms with Gasteiger partial charge in [-0.15, -0.1) is 0 Å². The molecule has 0 aliphatic heterocycles. The summed E-state index contributed by atoms with van der Waals surface area (Å²) in [5, 5.41) is 2.96. The van der Waals surface area contributed by atoms with Crippen LogP contribution in [0.1, 0.15) is 32.1 Å². The normalized spacial score (nSPS) is 28.3. The first kappa shape index (κ1) is 12.8. The van der Waals surface area contributed by atoms with E-state index in [-0.39, 0.29) is 11.8 Å². The SMILES string of the molecule is NC[C@H]1CCC[C@H]1C(=O)NCCOCC1CC1. The Bertz CT molecular complexity index is 254. The lowest BCUT2D eigenvalue weighted by Gasteiger charge is -2.17. The lowest BCUT2D eigenvalue weighted by Crippen LogP contribution is -2.36. The number of hydrogen-bond acceptors (Lipinski definition) is 3. The number of carbonyl (C=O) groups is 1. The van der Waals surface area contributed by atoms with Crippen molar-refractivity contribution in [3.63, 3.8) is 0 Å². The van der Waals surface area contributed by atoms with Crippen molar-refractivity contribution in [1.82, 2.24) is 5.32 Å². The van der Waals surface area contributed by atoms with E-state index in [1.54, 1.807) is 0 Å². The summed E-state index contributed by atoms with van der Waals surface area (Å²) in [6.45, 7) is 2.78. The maximum atomic E-state index is 11.9. The number of carbonyl (C=O) groups excluding carboxylic acids is 1. The van der Waals surface area contributed by atoms with Crippen LogP contribution in [0, 0.1) is 17.8 Å². The monoisotopic (exact) mass is 240 g/mol. The van der Waals surface area contributed by atoms with Crippen LogP contribution < -0.4 is 11.1 Å². The van der Waals surface area contributed by atoms with E-state index in [2.05, 4.69) is 5.32 Å². The van der Waals surface area contributed by atoms with Crippen molar-refractivity contribution in [2.75, 3.05) is 26.3 Å². The van der Waals surface area contributed by atoms with Crippen LogP contribution in [0.3, 0.4) is 0 Å². The number of hydrogen-bond donors (Lipinski definition) is 2. The molecule has 0 unspecified atom stereocenters. The molecule has 2 saturated carbocycles. The van der Waals surface area contributed by atoms with Crippen LogP contribution in [0.25, 0.3) is 0 Å². The third kappa shape index (κ3) is 3.96. The first-order chi connectivity index (χ1) is 8.31. The summed E-state index contributed by atoms with van der Waals surface area (Å²) in [7, 11) is 0. The zero-order valence-electron chi connectivity index (χ0n) is 10.5. The van der Waals surface area contributed by atoms with E-state index >= 15 is 0 Å². The fraction of sp³-hybridized carbons (Fsp3) is 0.923. The Hall–Kier alpha value is -0.610. The fourth-order valence-electron chi connectivity index (χ4n) is 2.58. The van der Waals surface area contributed by atoms with Gasteiger partial charge in [0.1, 0.15) is 0 Å². The summed E-state index contributed by atoms with van der Waals surface area (Å²) < 4.78 is 5.48. The van der Waals surface area contributed by atoms with Gasteiger partial charge in [-0.05, 0) is 44.1 Å². The Balaban J connectivity index is 1.56. The lowest BCUT2D eigenvalue weighted by molar-refractivity contribution is -0.126. The molecule has 0 radical (unpaired) electrons. The molecule has 4 heteroatoms. The van der Waals surface area contributed by atoms with Crippen LogP contribution in [0.5, 0.6) is 0 Å². The predicted molar refractivity (Wildman–Crippen MR) is 66.4 cm³/mol. The second-order valence-electron chi connectivity index (χ2n) is 5.34.